The first-order valence-corrected chi connectivity index (χ1v) is 5.76. The number of carbonyl (C=O) groups excluding carboxylic acids is 1. The van der Waals surface area contributed by atoms with Crippen LogP contribution in [0.25, 0.3) is 0 Å². The predicted molar refractivity (Wildman–Crippen MR) is 68.4 cm³/mol. The number of nitrogens with two attached hydrogens (primary N) is 1. The van der Waals surface area contributed by atoms with Crippen molar-refractivity contribution in [3.05, 3.63) is 35.9 Å². The van der Waals surface area contributed by atoms with Gasteiger partial charge in [0, 0.05) is 6.07 Å². The Morgan fingerprint density at radius 2 is 2.42 bits per heavy atom. The third-order valence-electron chi connectivity index (χ3n) is 2.37. The minimum absolute atomic E-state index is 0.281. The average Bonchev–Trinajstić information content (AvgIpc) is 2.91. The maximum absolute atomic E-state index is 11.7. The third kappa shape index (κ3) is 3.21. The van der Waals surface area contributed by atoms with Crippen molar-refractivity contribution in [2.24, 2.45) is 0 Å². The van der Waals surface area contributed by atoms with Gasteiger partial charge in [-0.3, -0.25) is 0 Å². The molecule has 2 heterocycles. The van der Waals surface area contributed by atoms with Crippen LogP contribution in [0.3, 0.4) is 0 Å². The van der Waals surface area contributed by atoms with Crippen LogP contribution < -0.4 is 11.1 Å². The first-order chi connectivity index (χ1) is 9.20. The van der Waals surface area contributed by atoms with Crippen molar-refractivity contribution in [2.75, 3.05) is 17.7 Å². The van der Waals surface area contributed by atoms with Gasteiger partial charge >= 0.3 is 5.97 Å². The molecule has 0 bridgehead atoms. The minimum atomic E-state index is -0.467. The molecule has 0 amide bonds. The van der Waals surface area contributed by atoms with E-state index in [0.29, 0.717) is 24.7 Å². The fourth-order valence-electron chi connectivity index (χ4n) is 1.46. The van der Waals surface area contributed by atoms with Crippen LogP contribution in [0.15, 0.2) is 29.0 Å². The normalized spacial score (nSPS) is 10.2. The molecule has 0 saturated heterocycles. The van der Waals surface area contributed by atoms with E-state index in [9.17, 15) is 4.79 Å². The van der Waals surface area contributed by atoms with E-state index in [1.165, 1.54) is 6.20 Å². The second-order valence-corrected chi connectivity index (χ2v) is 3.71. The summed E-state index contributed by atoms with van der Waals surface area (Å²) in [6.45, 7) is 2.44. The fraction of sp³-hybridized carbons (Fsp3) is 0.250. The molecule has 7 heteroatoms. The molecule has 100 valence electrons. The Balaban J connectivity index is 2.09. The van der Waals surface area contributed by atoms with Crippen LogP contribution in [-0.4, -0.2) is 22.7 Å². The Hall–Kier alpha value is -2.57. The highest BCUT2D eigenvalue weighted by atomic mass is 16.5. The van der Waals surface area contributed by atoms with Crippen molar-refractivity contribution in [1.29, 1.82) is 0 Å². The highest BCUT2D eigenvalue weighted by Gasteiger charge is 2.12. The molecule has 2 aromatic heterocycles. The fourth-order valence-corrected chi connectivity index (χ4v) is 1.46. The standard InChI is InChI=1S/C12H14N4O3/c1-2-18-12(17)9-5-11(15-7-10(9)13)14-6-8-3-4-16-19-8/h3-5,7H,2,6,13H2,1H3,(H,14,15). The van der Waals surface area contributed by atoms with Gasteiger partial charge in [-0.25, -0.2) is 9.78 Å². The number of aromatic nitrogens is 2. The molecule has 0 atom stereocenters. The molecule has 0 radical (unpaired) electrons. The summed E-state index contributed by atoms with van der Waals surface area (Å²) in [6, 6.07) is 3.28. The maximum Gasteiger partial charge on any atom is 0.340 e. The molecule has 0 unspecified atom stereocenters. The second-order valence-electron chi connectivity index (χ2n) is 3.71. The topological polar surface area (TPSA) is 103 Å². The maximum atomic E-state index is 11.7. The lowest BCUT2D eigenvalue weighted by molar-refractivity contribution is 0.0527. The largest absolute Gasteiger partial charge is 0.462 e. The highest BCUT2D eigenvalue weighted by molar-refractivity contribution is 5.95. The van der Waals surface area contributed by atoms with Crippen molar-refractivity contribution >= 4 is 17.5 Å². The van der Waals surface area contributed by atoms with Gasteiger partial charge < -0.3 is 20.3 Å². The molecule has 7 nitrogen and oxygen atoms in total. The van der Waals surface area contributed by atoms with E-state index < -0.39 is 5.97 Å². The van der Waals surface area contributed by atoms with Gasteiger partial charge in [-0.2, -0.15) is 0 Å². The van der Waals surface area contributed by atoms with Gasteiger partial charge in [-0.1, -0.05) is 5.16 Å². The van der Waals surface area contributed by atoms with Gasteiger partial charge in [0.15, 0.2) is 5.76 Å². The van der Waals surface area contributed by atoms with E-state index >= 15 is 0 Å². The molecule has 0 aliphatic carbocycles. The summed E-state index contributed by atoms with van der Waals surface area (Å²) >= 11 is 0. The Morgan fingerprint density at radius 3 is 3.11 bits per heavy atom. The zero-order valence-electron chi connectivity index (χ0n) is 10.4. The highest BCUT2D eigenvalue weighted by Crippen LogP contribution is 2.16. The Kier molecular flexibility index (Phi) is 3.97. The number of anilines is 2. The molecule has 2 aromatic rings. The smallest absolute Gasteiger partial charge is 0.340 e. The molecule has 2 rings (SSSR count). The second kappa shape index (κ2) is 5.85. The first kappa shape index (κ1) is 12.9. The van der Waals surface area contributed by atoms with Gasteiger partial charge in [-0.05, 0) is 13.0 Å². The number of carbonyl (C=O) groups is 1. The number of hydrogen-bond donors (Lipinski definition) is 2. The first-order valence-electron chi connectivity index (χ1n) is 5.76. The number of pyridine rings is 1. The van der Waals surface area contributed by atoms with Gasteiger partial charge in [0.25, 0.3) is 0 Å². The molecule has 0 spiro atoms. The number of hydrogen-bond acceptors (Lipinski definition) is 7. The summed E-state index contributed by atoms with van der Waals surface area (Å²) in [6.07, 6.45) is 2.96. The number of ether oxygens (including phenoxy) is 1. The van der Waals surface area contributed by atoms with Crippen LogP contribution in [-0.2, 0) is 11.3 Å². The lowest BCUT2D eigenvalue weighted by Crippen LogP contribution is -2.10. The minimum Gasteiger partial charge on any atom is -0.462 e. The van der Waals surface area contributed by atoms with E-state index in [0.717, 1.165) is 0 Å². The van der Waals surface area contributed by atoms with Gasteiger partial charge in [-0.15, -0.1) is 0 Å². The summed E-state index contributed by atoms with van der Waals surface area (Å²) in [5.41, 5.74) is 6.26. The summed E-state index contributed by atoms with van der Waals surface area (Å²) in [5, 5.41) is 6.59. The summed E-state index contributed by atoms with van der Waals surface area (Å²) in [4.78, 5) is 15.7. The van der Waals surface area contributed by atoms with Crippen molar-refractivity contribution < 1.29 is 14.1 Å². The summed E-state index contributed by atoms with van der Waals surface area (Å²) in [5.74, 6) is 0.704. The molecule has 3 N–H and O–H groups in total. The number of rotatable bonds is 5. The monoisotopic (exact) mass is 262 g/mol. The van der Waals surface area contributed by atoms with Crippen LogP contribution in [0.5, 0.6) is 0 Å². The average molecular weight is 262 g/mol. The molecule has 0 fully saturated rings. The van der Waals surface area contributed by atoms with E-state index in [1.54, 1.807) is 25.3 Å². The Morgan fingerprint density at radius 1 is 1.58 bits per heavy atom. The molecule has 19 heavy (non-hydrogen) atoms. The van der Waals surface area contributed by atoms with Crippen LogP contribution in [0, 0.1) is 0 Å². The molecular formula is C12H14N4O3. The zero-order chi connectivity index (χ0) is 13.7. The zero-order valence-corrected chi connectivity index (χ0v) is 10.4. The predicted octanol–water partition coefficient (Wildman–Crippen LogP) is 1.44. The van der Waals surface area contributed by atoms with E-state index in [4.69, 9.17) is 15.0 Å². The van der Waals surface area contributed by atoms with E-state index in [-0.39, 0.29) is 11.3 Å². The van der Waals surface area contributed by atoms with Crippen LogP contribution in [0.2, 0.25) is 0 Å². The van der Waals surface area contributed by atoms with Crippen molar-refractivity contribution in [1.82, 2.24) is 10.1 Å². The molecule has 0 aromatic carbocycles. The number of nitrogen functional groups attached to an aromatic ring is 1. The number of nitrogens with zero attached hydrogens (tertiary/aromatic N) is 2. The summed E-state index contributed by atoms with van der Waals surface area (Å²) < 4.78 is 9.85. The van der Waals surface area contributed by atoms with E-state index in [1.807, 2.05) is 0 Å². The summed E-state index contributed by atoms with van der Waals surface area (Å²) in [7, 11) is 0. The van der Waals surface area contributed by atoms with Gasteiger partial charge in [0.2, 0.25) is 0 Å². The molecule has 0 aliphatic rings. The quantitative estimate of drug-likeness (QED) is 0.786. The molecular weight excluding hydrogens is 248 g/mol. The van der Waals surface area contributed by atoms with E-state index in [2.05, 4.69) is 15.5 Å². The Labute approximate surface area is 109 Å². The van der Waals surface area contributed by atoms with Gasteiger partial charge in [0.05, 0.1) is 36.8 Å². The van der Waals surface area contributed by atoms with Crippen molar-refractivity contribution in [3.63, 3.8) is 0 Å². The molecule has 0 saturated carbocycles. The van der Waals surface area contributed by atoms with Crippen LogP contribution >= 0.6 is 0 Å². The van der Waals surface area contributed by atoms with Crippen molar-refractivity contribution in [3.8, 4) is 0 Å². The third-order valence-corrected chi connectivity index (χ3v) is 2.37. The lowest BCUT2D eigenvalue weighted by atomic mass is 10.2. The molecule has 0 aliphatic heterocycles. The van der Waals surface area contributed by atoms with Crippen molar-refractivity contribution in [2.45, 2.75) is 13.5 Å². The van der Waals surface area contributed by atoms with Gasteiger partial charge in [0.1, 0.15) is 5.82 Å². The number of esters is 1. The number of nitrogens with one attached hydrogen (secondary N) is 1. The lowest BCUT2D eigenvalue weighted by Gasteiger charge is -2.08. The van der Waals surface area contributed by atoms with Crippen LogP contribution in [0.4, 0.5) is 11.5 Å². The van der Waals surface area contributed by atoms with Crippen LogP contribution in [0.1, 0.15) is 23.0 Å². The SMILES string of the molecule is CCOC(=O)c1cc(NCc2ccno2)ncc1N. The Bertz CT molecular complexity index is 554.